The van der Waals surface area contributed by atoms with Crippen LogP contribution in [0, 0.1) is 6.92 Å². The Balaban J connectivity index is 1.70. The van der Waals surface area contributed by atoms with Gasteiger partial charge in [0.05, 0.1) is 22.5 Å². The van der Waals surface area contributed by atoms with Gasteiger partial charge in [-0.05, 0) is 55.0 Å². The minimum atomic E-state index is -3.67. The summed E-state index contributed by atoms with van der Waals surface area (Å²) in [6.45, 7) is 4.59. The van der Waals surface area contributed by atoms with E-state index in [0.29, 0.717) is 11.4 Å². The number of sulfonamides is 1. The maximum atomic E-state index is 13.7. The molecule has 2 aromatic carbocycles. The van der Waals surface area contributed by atoms with Gasteiger partial charge in [-0.1, -0.05) is 86.7 Å². The molecular formula is C28H33NO2S2. The zero-order valence-corrected chi connectivity index (χ0v) is 21.2. The molecule has 5 heteroatoms. The first-order valence-electron chi connectivity index (χ1n) is 11.9. The van der Waals surface area contributed by atoms with Gasteiger partial charge in [0.25, 0.3) is 10.0 Å². The standard InChI is InChI=1S/C28H33NO2S2/c1-3-4-5-6-7-8-11-20-28(27-15-12-21-32-27)22-29(26-14-10-9-13-25(26)28)33(30,31)24-18-16-23(2)17-19-24/h9-21H,3-8,22H2,1-2H3/b20-11+. The number of para-hydroxylation sites is 1. The second-order valence-corrected chi connectivity index (χ2v) is 11.7. The molecule has 1 aliphatic heterocycles. The third kappa shape index (κ3) is 4.80. The fraction of sp³-hybridized carbons (Fsp3) is 0.357. The van der Waals surface area contributed by atoms with Gasteiger partial charge in [-0.3, -0.25) is 4.31 Å². The fourth-order valence-corrected chi connectivity index (χ4v) is 7.08. The Kier molecular flexibility index (Phi) is 7.40. The van der Waals surface area contributed by atoms with Gasteiger partial charge in [0, 0.05) is 4.88 Å². The van der Waals surface area contributed by atoms with Gasteiger partial charge in [-0.2, -0.15) is 0 Å². The average molecular weight is 480 g/mol. The van der Waals surface area contributed by atoms with Crippen LogP contribution in [0.4, 0.5) is 5.69 Å². The van der Waals surface area contributed by atoms with Crippen LogP contribution < -0.4 is 4.31 Å². The molecule has 33 heavy (non-hydrogen) atoms. The van der Waals surface area contributed by atoms with Crippen LogP contribution in [0.2, 0.25) is 0 Å². The van der Waals surface area contributed by atoms with E-state index in [-0.39, 0.29) is 0 Å². The van der Waals surface area contributed by atoms with E-state index in [4.69, 9.17) is 0 Å². The summed E-state index contributed by atoms with van der Waals surface area (Å²) in [6.07, 6.45) is 11.8. The summed E-state index contributed by atoms with van der Waals surface area (Å²) in [6, 6.07) is 19.3. The zero-order valence-electron chi connectivity index (χ0n) is 19.5. The molecule has 3 aromatic rings. The van der Waals surface area contributed by atoms with Crippen molar-refractivity contribution in [1.29, 1.82) is 0 Å². The summed E-state index contributed by atoms with van der Waals surface area (Å²) in [7, 11) is -3.67. The second-order valence-electron chi connectivity index (χ2n) is 8.90. The van der Waals surface area contributed by atoms with Gasteiger partial charge in [-0.25, -0.2) is 8.42 Å². The molecule has 0 bridgehead atoms. The molecule has 4 rings (SSSR count). The first-order chi connectivity index (χ1) is 16.0. The molecule has 1 aromatic heterocycles. The molecule has 0 radical (unpaired) electrons. The number of rotatable bonds is 10. The lowest BCUT2D eigenvalue weighted by molar-refractivity contribution is 0.586. The summed E-state index contributed by atoms with van der Waals surface area (Å²) in [4.78, 5) is 1.52. The lowest BCUT2D eigenvalue weighted by Crippen LogP contribution is -2.36. The highest BCUT2D eigenvalue weighted by molar-refractivity contribution is 7.92. The second kappa shape index (κ2) is 10.3. The molecule has 174 valence electrons. The Hall–Kier alpha value is -2.37. The maximum Gasteiger partial charge on any atom is 0.264 e. The summed E-state index contributed by atoms with van der Waals surface area (Å²) < 4.78 is 29.1. The summed E-state index contributed by atoms with van der Waals surface area (Å²) in [5.74, 6) is 0. The molecule has 0 saturated carbocycles. The zero-order chi connectivity index (χ0) is 23.3. The van der Waals surface area contributed by atoms with E-state index in [2.05, 4.69) is 42.7 Å². The quantitative estimate of drug-likeness (QED) is 0.223. The van der Waals surface area contributed by atoms with Crippen LogP contribution in [0.3, 0.4) is 0 Å². The first-order valence-corrected chi connectivity index (χ1v) is 14.2. The highest BCUT2D eigenvalue weighted by atomic mass is 32.2. The van der Waals surface area contributed by atoms with E-state index < -0.39 is 15.4 Å². The number of aryl methyl sites for hydroxylation is 1. The van der Waals surface area contributed by atoms with E-state index in [1.807, 2.05) is 37.3 Å². The molecule has 1 unspecified atom stereocenters. The number of unbranched alkanes of at least 4 members (excludes halogenated alkanes) is 5. The Bertz CT molecular complexity index is 1180. The first kappa shape index (κ1) is 23.8. The Morgan fingerprint density at radius 1 is 0.970 bits per heavy atom. The number of hydrogen-bond donors (Lipinski definition) is 0. The number of thiophene rings is 1. The minimum Gasteiger partial charge on any atom is -0.264 e. The minimum absolute atomic E-state index is 0.338. The number of allylic oxidation sites excluding steroid dienone is 1. The van der Waals surface area contributed by atoms with Crippen molar-refractivity contribution in [3.05, 3.63) is 94.2 Å². The van der Waals surface area contributed by atoms with Crippen molar-refractivity contribution in [2.75, 3.05) is 10.8 Å². The van der Waals surface area contributed by atoms with Crippen molar-refractivity contribution in [2.45, 2.75) is 62.7 Å². The predicted octanol–water partition coefficient (Wildman–Crippen LogP) is 7.47. The van der Waals surface area contributed by atoms with Gasteiger partial charge in [0.2, 0.25) is 0 Å². The van der Waals surface area contributed by atoms with Crippen LogP contribution in [0.1, 0.15) is 61.5 Å². The van der Waals surface area contributed by atoms with Crippen LogP contribution in [0.5, 0.6) is 0 Å². The molecule has 2 heterocycles. The van der Waals surface area contributed by atoms with Crippen molar-refractivity contribution in [2.24, 2.45) is 0 Å². The highest BCUT2D eigenvalue weighted by Gasteiger charge is 2.47. The monoisotopic (exact) mass is 479 g/mol. The van der Waals surface area contributed by atoms with Crippen LogP contribution in [0.15, 0.2) is 83.1 Å². The van der Waals surface area contributed by atoms with Gasteiger partial charge >= 0.3 is 0 Å². The van der Waals surface area contributed by atoms with E-state index in [0.717, 1.165) is 23.2 Å². The average Bonchev–Trinajstić information content (AvgIpc) is 3.47. The third-order valence-electron chi connectivity index (χ3n) is 6.49. The SMILES string of the molecule is CCCCCCC/C=C/C1(c2cccs2)CN(S(=O)(=O)c2ccc(C)cc2)c2ccccc21. The van der Waals surface area contributed by atoms with Crippen molar-refractivity contribution in [1.82, 2.24) is 0 Å². The van der Waals surface area contributed by atoms with E-state index in [1.165, 1.54) is 37.0 Å². The molecule has 3 nitrogen and oxygen atoms in total. The number of benzene rings is 2. The molecule has 0 spiro atoms. The Morgan fingerprint density at radius 2 is 1.73 bits per heavy atom. The van der Waals surface area contributed by atoms with Gasteiger partial charge in [0.1, 0.15) is 0 Å². The largest absolute Gasteiger partial charge is 0.264 e. The number of hydrogen-bond acceptors (Lipinski definition) is 3. The molecule has 0 amide bonds. The molecule has 0 saturated heterocycles. The Labute approximate surface area is 202 Å². The van der Waals surface area contributed by atoms with Crippen LogP contribution in [-0.4, -0.2) is 15.0 Å². The van der Waals surface area contributed by atoms with Gasteiger partial charge < -0.3 is 0 Å². The van der Waals surface area contributed by atoms with Crippen molar-refractivity contribution in [3.8, 4) is 0 Å². The molecule has 1 atom stereocenters. The Morgan fingerprint density at radius 3 is 2.45 bits per heavy atom. The third-order valence-corrected chi connectivity index (χ3v) is 9.31. The van der Waals surface area contributed by atoms with E-state index in [1.54, 1.807) is 27.8 Å². The predicted molar refractivity (Wildman–Crippen MR) is 140 cm³/mol. The summed E-state index contributed by atoms with van der Waals surface area (Å²) in [5, 5.41) is 2.08. The molecule has 1 aliphatic rings. The van der Waals surface area contributed by atoms with Crippen molar-refractivity contribution < 1.29 is 8.42 Å². The number of fused-ring (bicyclic) bond motifs is 1. The molecule has 0 N–H and O–H groups in total. The highest BCUT2D eigenvalue weighted by Crippen LogP contribution is 2.49. The van der Waals surface area contributed by atoms with E-state index >= 15 is 0 Å². The number of nitrogens with zero attached hydrogens (tertiary/aromatic N) is 1. The van der Waals surface area contributed by atoms with Crippen LogP contribution in [-0.2, 0) is 15.4 Å². The normalized spacial score (nSPS) is 18.2. The smallest absolute Gasteiger partial charge is 0.264 e. The lowest BCUT2D eigenvalue weighted by atomic mass is 9.80. The van der Waals surface area contributed by atoms with Crippen molar-refractivity contribution >= 4 is 27.0 Å². The van der Waals surface area contributed by atoms with Crippen molar-refractivity contribution in [3.63, 3.8) is 0 Å². The van der Waals surface area contributed by atoms with Crippen LogP contribution >= 0.6 is 11.3 Å². The van der Waals surface area contributed by atoms with Gasteiger partial charge in [-0.15, -0.1) is 11.3 Å². The maximum absolute atomic E-state index is 13.7. The molecule has 0 fully saturated rings. The summed E-state index contributed by atoms with van der Waals surface area (Å²) >= 11 is 1.70. The molecular weight excluding hydrogens is 446 g/mol. The number of anilines is 1. The summed E-state index contributed by atoms with van der Waals surface area (Å²) in [5.41, 5.74) is 2.42. The fourth-order valence-electron chi connectivity index (χ4n) is 4.64. The van der Waals surface area contributed by atoms with Crippen LogP contribution in [0.25, 0.3) is 0 Å². The lowest BCUT2D eigenvalue weighted by Gasteiger charge is -2.27. The molecule has 0 aliphatic carbocycles. The van der Waals surface area contributed by atoms with Gasteiger partial charge in [0.15, 0.2) is 0 Å². The topological polar surface area (TPSA) is 37.4 Å². The van der Waals surface area contributed by atoms with E-state index in [9.17, 15) is 8.42 Å².